The Morgan fingerprint density at radius 1 is 1.03 bits per heavy atom. The minimum absolute atomic E-state index is 0.0925. The number of fused-ring (bicyclic) bond motifs is 1. The number of nitrogens with one attached hydrogen (secondary N) is 4. The molecule has 2 rings (SSSR count). The average molecular weight is 503 g/mol. The largest absolute Gasteiger partial charge is 0.368 e. The molecule has 0 saturated heterocycles. The Bertz CT molecular complexity index is 1040. The summed E-state index contributed by atoms with van der Waals surface area (Å²) in [6, 6.07) is 5.64. The second kappa shape index (κ2) is 14.2. The van der Waals surface area contributed by atoms with Crippen LogP contribution in [0.2, 0.25) is 0 Å². The van der Waals surface area contributed by atoms with E-state index < -0.39 is 41.6 Å². The quantitative estimate of drug-likeness (QED) is 0.107. The lowest BCUT2D eigenvalue weighted by Gasteiger charge is -2.25. The first kappa shape index (κ1) is 28.8. The number of benzene rings is 1. The van der Waals surface area contributed by atoms with Gasteiger partial charge in [-0.1, -0.05) is 32.0 Å². The fraction of sp³-hybridized carbons (Fsp3) is 0.520. The van der Waals surface area contributed by atoms with E-state index in [1.54, 1.807) is 11.7 Å². The molecule has 9 N–H and O–H groups in total. The minimum Gasteiger partial charge on any atom is -0.368 e. The van der Waals surface area contributed by atoms with Crippen molar-refractivity contribution in [3.8, 4) is 0 Å². The van der Waals surface area contributed by atoms with E-state index in [1.165, 1.54) is 0 Å². The van der Waals surface area contributed by atoms with Gasteiger partial charge in [-0.2, -0.15) is 0 Å². The Kier molecular flexibility index (Phi) is 11.4. The number of hydroxylamine groups is 1. The summed E-state index contributed by atoms with van der Waals surface area (Å²) in [6.07, 6.45) is 3.69. The lowest BCUT2D eigenvalue weighted by atomic mass is 9.92. The highest BCUT2D eigenvalue weighted by Crippen LogP contribution is 2.21. The molecule has 4 amide bonds. The van der Waals surface area contributed by atoms with Crippen LogP contribution >= 0.6 is 0 Å². The second-order valence-corrected chi connectivity index (χ2v) is 9.44. The van der Waals surface area contributed by atoms with Crippen LogP contribution in [0.1, 0.15) is 51.5 Å². The fourth-order valence-electron chi connectivity index (χ4n) is 4.19. The summed E-state index contributed by atoms with van der Waals surface area (Å²) >= 11 is 0. The van der Waals surface area contributed by atoms with Gasteiger partial charge in [0, 0.05) is 35.9 Å². The molecule has 0 fully saturated rings. The Labute approximate surface area is 210 Å². The van der Waals surface area contributed by atoms with E-state index in [9.17, 15) is 19.2 Å². The molecular formula is C25H38N6O5. The zero-order valence-corrected chi connectivity index (χ0v) is 20.9. The maximum absolute atomic E-state index is 13.3. The third kappa shape index (κ3) is 8.65. The molecule has 2 aromatic rings. The fourth-order valence-corrected chi connectivity index (χ4v) is 4.19. The molecular weight excluding hydrogens is 464 g/mol. The standard InChI is InChI=1S/C25H38N6O5/c1-15(2)11-16(13-22(32)31-36)24(34)30-21(12-17-14-28-19-8-4-3-7-18(17)19)25(35)29-20(23(27)33)9-5-6-10-26/h3-4,7-8,14-16,20-21,28,36H,5-6,9-13,26H2,1-2H3,(H2,27,33)(H,29,35)(H,30,34)(H,31,32)/t16-,20+,21+/m1/s1. The molecule has 0 bridgehead atoms. The molecule has 0 aliphatic carbocycles. The van der Waals surface area contributed by atoms with Crippen molar-refractivity contribution in [2.75, 3.05) is 6.54 Å². The number of aromatic amines is 1. The lowest BCUT2D eigenvalue weighted by molar-refractivity contribution is -0.137. The maximum atomic E-state index is 13.3. The Balaban J connectivity index is 2.29. The van der Waals surface area contributed by atoms with Gasteiger partial charge in [-0.15, -0.1) is 0 Å². The zero-order valence-electron chi connectivity index (χ0n) is 20.9. The van der Waals surface area contributed by atoms with E-state index in [0.717, 1.165) is 16.5 Å². The summed E-state index contributed by atoms with van der Waals surface area (Å²) in [5, 5.41) is 15.3. The molecule has 11 nitrogen and oxygen atoms in total. The summed E-state index contributed by atoms with van der Waals surface area (Å²) < 4.78 is 0. The van der Waals surface area contributed by atoms with Crippen molar-refractivity contribution in [2.45, 2.75) is 64.5 Å². The highest BCUT2D eigenvalue weighted by atomic mass is 16.5. The molecule has 0 radical (unpaired) electrons. The molecule has 0 aliphatic rings. The minimum atomic E-state index is -1.03. The molecule has 1 heterocycles. The van der Waals surface area contributed by atoms with Crippen LogP contribution in [0.5, 0.6) is 0 Å². The predicted molar refractivity (Wildman–Crippen MR) is 135 cm³/mol. The van der Waals surface area contributed by atoms with Crippen LogP contribution in [-0.2, 0) is 25.6 Å². The van der Waals surface area contributed by atoms with Crippen LogP contribution in [0.3, 0.4) is 0 Å². The maximum Gasteiger partial charge on any atom is 0.244 e. The molecule has 0 aliphatic heterocycles. The van der Waals surface area contributed by atoms with Crippen LogP contribution in [0, 0.1) is 11.8 Å². The molecule has 11 heteroatoms. The first-order valence-corrected chi connectivity index (χ1v) is 12.2. The van der Waals surface area contributed by atoms with Crippen LogP contribution in [-0.4, -0.2) is 52.4 Å². The number of para-hydroxylation sites is 1. The monoisotopic (exact) mass is 502 g/mol. The van der Waals surface area contributed by atoms with Gasteiger partial charge in [0.2, 0.25) is 23.6 Å². The smallest absolute Gasteiger partial charge is 0.244 e. The number of hydrogen-bond donors (Lipinski definition) is 7. The number of carbonyl (C=O) groups is 4. The van der Waals surface area contributed by atoms with Crippen LogP contribution in [0.4, 0.5) is 0 Å². The van der Waals surface area contributed by atoms with E-state index in [2.05, 4.69) is 15.6 Å². The molecule has 36 heavy (non-hydrogen) atoms. The number of H-pyrrole nitrogens is 1. The van der Waals surface area contributed by atoms with E-state index >= 15 is 0 Å². The van der Waals surface area contributed by atoms with Gasteiger partial charge in [0.25, 0.3) is 0 Å². The van der Waals surface area contributed by atoms with Gasteiger partial charge in [-0.05, 0) is 49.8 Å². The van der Waals surface area contributed by atoms with Gasteiger partial charge in [-0.25, -0.2) is 5.48 Å². The van der Waals surface area contributed by atoms with Crippen molar-refractivity contribution in [1.29, 1.82) is 0 Å². The second-order valence-electron chi connectivity index (χ2n) is 9.44. The average Bonchev–Trinajstić information content (AvgIpc) is 3.24. The van der Waals surface area contributed by atoms with Gasteiger partial charge >= 0.3 is 0 Å². The summed E-state index contributed by atoms with van der Waals surface area (Å²) in [7, 11) is 0. The van der Waals surface area contributed by atoms with Crippen molar-refractivity contribution in [3.05, 3.63) is 36.0 Å². The van der Waals surface area contributed by atoms with Crippen molar-refractivity contribution in [2.24, 2.45) is 23.3 Å². The van der Waals surface area contributed by atoms with Gasteiger partial charge in [0.1, 0.15) is 12.1 Å². The summed E-state index contributed by atoms with van der Waals surface area (Å²) in [5.41, 5.74) is 14.3. The molecule has 0 unspecified atom stereocenters. The zero-order chi connectivity index (χ0) is 26.7. The molecule has 0 spiro atoms. The van der Waals surface area contributed by atoms with Gasteiger partial charge < -0.3 is 27.1 Å². The SMILES string of the molecule is CC(C)C[C@H](CC(=O)NO)C(=O)N[C@@H](Cc1c[nH]c2ccccc12)C(=O)N[C@@H](CCCCN)C(N)=O. The van der Waals surface area contributed by atoms with E-state index in [1.807, 2.05) is 38.1 Å². The highest BCUT2D eigenvalue weighted by Gasteiger charge is 2.30. The van der Waals surface area contributed by atoms with Crippen molar-refractivity contribution < 1.29 is 24.4 Å². The third-order valence-electron chi connectivity index (χ3n) is 6.02. The lowest BCUT2D eigenvalue weighted by Crippen LogP contribution is -2.54. The number of aromatic nitrogens is 1. The Hall–Kier alpha value is -3.44. The topological polar surface area (TPSA) is 192 Å². The molecule has 0 saturated carbocycles. The number of hydrogen-bond acceptors (Lipinski definition) is 6. The number of rotatable bonds is 15. The van der Waals surface area contributed by atoms with Crippen molar-refractivity contribution >= 4 is 34.5 Å². The van der Waals surface area contributed by atoms with E-state index in [0.29, 0.717) is 32.2 Å². The predicted octanol–water partition coefficient (Wildman–Crippen LogP) is 0.852. The van der Waals surface area contributed by atoms with Crippen LogP contribution in [0.25, 0.3) is 10.9 Å². The van der Waals surface area contributed by atoms with Gasteiger partial charge in [0.15, 0.2) is 0 Å². The first-order valence-electron chi connectivity index (χ1n) is 12.2. The number of unbranched alkanes of at least 4 members (excludes halogenated alkanes) is 1. The summed E-state index contributed by atoms with van der Waals surface area (Å²) in [4.78, 5) is 53.4. The normalized spacial score (nSPS) is 13.7. The van der Waals surface area contributed by atoms with Crippen LogP contribution in [0.15, 0.2) is 30.5 Å². The van der Waals surface area contributed by atoms with Gasteiger partial charge in [-0.3, -0.25) is 24.4 Å². The van der Waals surface area contributed by atoms with Crippen molar-refractivity contribution in [1.82, 2.24) is 21.1 Å². The van der Waals surface area contributed by atoms with Crippen molar-refractivity contribution in [3.63, 3.8) is 0 Å². The number of carbonyl (C=O) groups excluding carboxylic acids is 4. The molecule has 198 valence electrons. The number of primary amides is 1. The van der Waals surface area contributed by atoms with Crippen LogP contribution < -0.4 is 27.6 Å². The molecule has 3 atom stereocenters. The number of amides is 4. The van der Waals surface area contributed by atoms with Gasteiger partial charge in [0.05, 0.1) is 0 Å². The van der Waals surface area contributed by atoms with E-state index in [-0.39, 0.29) is 18.8 Å². The summed E-state index contributed by atoms with van der Waals surface area (Å²) in [5.74, 6) is -3.08. The molecule has 1 aromatic carbocycles. The van der Waals surface area contributed by atoms with E-state index in [4.69, 9.17) is 16.7 Å². The Morgan fingerprint density at radius 2 is 1.72 bits per heavy atom. The molecule has 1 aromatic heterocycles. The number of nitrogens with two attached hydrogens (primary N) is 2. The first-order chi connectivity index (χ1) is 17.2. The summed E-state index contributed by atoms with van der Waals surface area (Å²) in [6.45, 7) is 4.27. The Morgan fingerprint density at radius 3 is 2.36 bits per heavy atom. The third-order valence-corrected chi connectivity index (χ3v) is 6.02. The highest BCUT2D eigenvalue weighted by molar-refractivity contribution is 5.94.